The van der Waals surface area contributed by atoms with Gasteiger partial charge >= 0.3 is 0 Å². The van der Waals surface area contributed by atoms with E-state index in [-0.39, 0.29) is 11.8 Å². The van der Waals surface area contributed by atoms with E-state index in [1.807, 2.05) is 74.7 Å². The molecule has 4 aromatic rings. The molecule has 0 saturated carbocycles. The highest BCUT2D eigenvalue weighted by atomic mass is 79.9. The van der Waals surface area contributed by atoms with Gasteiger partial charge in [0.25, 0.3) is 11.8 Å². The van der Waals surface area contributed by atoms with Crippen LogP contribution in [0, 0.1) is 13.8 Å². The Labute approximate surface area is 211 Å². The molecule has 2 amide bonds. The van der Waals surface area contributed by atoms with E-state index in [4.69, 9.17) is 0 Å². The molecule has 5 rings (SSSR count). The Balaban J connectivity index is 1.47. The SMILES string of the molecule is Cc1[nH]c(/C=C2\C(=O)Nc3cccc(-c4ccc(Br)cc4)c32)c(C)c1C(=O)NCCn1cccn1. The van der Waals surface area contributed by atoms with Crippen molar-refractivity contribution in [2.24, 2.45) is 0 Å². The molecule has 1 aliphatic heterocycles. The number of carbonyl (C=O) groups excluding carboxylic acids is 2. The smallest absolute Gasteiger partial charge is 0.256 e. The molecule has 0 atom stereocenters. The van der Waals surface area contributed by atoms with Crippen molar-refractivity contribution in [2.45, 2.75) is 20.4 Å². The van der Waals surface area contributed by atoms with Crippen LogP contribution >= 0.6 is 15.9 Å². The Morgan fingerprint density at radius 2 is 1.94 bits per heavy atom. The second kappa shape index (κ2) is 9.38. The van der Waals surface area contributed by atoms with Crippen LogP contribution in [0.2, 0.25) is 0 Å². The van der Waals surface area contributed by atoms with Gasteiger partial charge in [-0.25, -0.2) is 0 Å². The summed E-state index contributed by atoms with van der Waals surface area (Å²) in [5.41, 5.74) is 7.07. The summed E-state index contributed by atoms with van der Waals surface area (Å²) in [5.74, 6) is -0.318. The van der Waals surface area contributed by atoms with Crippen LogP contribution in [0.25, 0.3) is 22.8 Å². The summed E-state index contributed by atoms with van der Waals surface area (Å²) < 4.78 is 2.76. The fourth-order valence-corrected chi connectivity index (χ4v) is 4.73. The Kier molecular flexibility index (Phi) is 6.13. The van der Waals surface area contributed by atoms with Gasteiger partial charge in [0, 0.05) is 46.0 Å². The maximum Gasteiger partial charge on any atom is 0.256 e. The molecule has 8 heteroatoms. The number of halogens is 1. The Bertz CT molecular complexity index is 1450. The minimum absolute atomic E-state index is 0.153. The Hall–Kier alpha value is -3.91. The molecule has 7 nitrogen and oxygen atoms in total. The van der Waals surface area contributed by atoms with Gasteiger partial charge in [-0.3, -0.25) is 14.3 Å². The maximum absolute atomic E-state index is 13.0. The molecule has 0 saturated heterocycles. The number of aromatic amines is 1. The van der Waals surface area contributed by atoms with E-state index in [1.165, 1.54) is 0 Å². The molecule has 0 bridgehead atoms. The number of aromatic nitrogens is 3. The molecule has 0 radical (unpaired) electrons. The molecular formula is C27H24BrN5O2. The molecular weight excluding hydrogens is 506 g/mol. The van der Waals surface area contributed by atoms with Crippen LogP contribution < -0.4 is 10.6 Å². The Morgan fingerprint density at radius 3 is 2.69 bits per heavy atom. The maximum atomic E-state index is 13.0. The number of amides is 2. The van der Waals surface area contributed by atoms with Crippen molar-refractivity contribution < 1.29 is 9.59 Å². The molecule has 0 fully saturated rings. The van der Waals surface area contributed by atoms with Crippen LogP contribution in [0.1, 0.15) is 32.9 Å². The predicted octanol–water partition coefficient (Wildman–Crippen LogP) is 5.18. The number of carbonyl (C=O) groups is 2. The monoisotopic (exact) mass is 529 g/mol. The van der Waals surface area contributed by atoms with Crippen molar-refractivity contribution >= 4 is 45.1 Å². The fraction of sp³-hybridized carbons (Fsp3) is 0.148. The van der Waals surface area contributed by atoms with E-state index in [9.17, 15) is 9.59 Å². The number of fused-ring (bicyclic) bond motifs is 1. The van der Waals surface area contributed by atoms with Gasteiger partial charge < -0.3 is 15.6 Å². The number of nitrogens with one attached hydrogen (secondary N) is 3. The lowest BCUT2D eigenvalue weighted by Crippen LogP contribution is -2.28. The van der Waals surface area contributed by atoms with E-state index in [1.54, 1.807) is 10.9 Å². The summed E-state index contributed by atoms with van der Waals surface area (Å²) in [4.78, 5) is 29.2. The minimum atomic E-state index is -0.165. The quantitative estimate of drug-likeness (QED) is 0.300. The van der Waals surface area contributed by atoms with Crippen molar-refractivity contribution in [3.8, 4) is 11.1 Å². The van der Waals surface area contributed by atoms with Gasteiger partial charge in [-0.15, -0.1) is 0 Å². The number of anilines is 1. The minimum Gasteiger partial charge on any atom is -0.358 e. The molecule has 3 heterocycles. The number of nitrogens with zero attached hydrogens (tertiary/aromatic N) is 2. The molecule has 3 N–H and O–H groups in total. The number of benzene rings is 2. The van der Waals surface area contributed by atoms with E-state index in [0.717, 1.165) is 43.8 Å². The topological polar surface area (TPSA) is 91.8 Å². The van der Waals surface area contributed by atoms with Crippen LogP contribution in [-0.2, 0) is 11.3 Å². The zero-order valence-electron chi connectivity index (χ0n) is 19.4. The molecule has 35 heavy (non-hydrogen) atoms. The number of H-pyrrole nitrogens is 1. The van der Waals surface area contributed by atoms with Gasteiger partial charge in [0.05, 0.1) is 17.7 Å². The van der Waals surface area contributed by atoms with E-state index >= 15 is 0 Å². The molecule has 0 unspecified atom stereocenters. The van der Waals surface area contributed by atoms with Crippen molar-refractivity contribution in [1.29, 1.82) is 0 Å². The molecule has 2 aromatic carbocycles. The lowest BCUT2D eigenvalue weighted by Gasteiger charge is -2.09. The molecule has 2 aromatic heterocycles. The van der Waals surface area contributed by atoms with Gasteiger partial charge in [0.1, 0.15) is 0 Å². The first-order valence-electron chi connectivity index (χ1n) is 11.3. The summed E-state index contributed by atoms with van der Waals surface area (Å²) in [6.45, 7) is 4.82. The van der Waals surface area contributed by atoms with E-state index in [0.29, 0.717) is 24.2 Å². The average molecular weight is 530 g/mol. The first-order chi connectivity index (χ1) is 16.9. The number of aryl methyl sites for hydroxylation is 1. The summed E-state index contributed by atoms with van der Waals surface area (Å²) in [5, 5.41) is 10.1. The lowest BCUT2D eigenvalue weighted by atomic mass is 9.94. The van der Waals surface area contributed by atoms with Gasteiger partial charge in [-0.05, 0) is 60.9 Å². The fourth-order valence-electron chi connectivity index (χ4n) is 4.47. The lowest BCUT2D eigenvalue weighted by molar-refractivity contribution is -0.110. The van der Waals surface area contributed by atoms with Crippen LogP contribution in [0.4, 0.5) is 5.69 Å². The van der Waals surface area contributed by atoms with Gasteiger partial charge in [-0.2, -0.15) is 5.10 Å². The molecule has 0 aliphatic carbocycles. The zero-order valence-corrected chi connectivity index (χ0v) is 20.9. The standard InChI is InChI=1S/C27H24BrN5O2/c1-16-23(31-17(2)24(16)27(35)29-12-14-33-13-4-11-30-33)15-21-25-20(18-7-9-19(28)10-8-18)5-3-6-22(25)32-26(21)34/h3-11,13,15,31H,12,14H2,1-2H3,(H,29,35)(H,32,34)/b21-15-. The third kappa shape index (κ3) is 4.44. The third-order valence-corrected chi connectivity index (χ3v) is 6.69. The van der Waals surface area contributed by atoms with Crippen LogP contribution in [-0.4, -0.2) is 33.1 Å². The van der Waals surface area contributed by atoms with Gasteiger partial charge in [0.15, 0.2) is 0 Å². The summed E-state index contributed by atoms with van der Waals surface area (Å²) in [6.07, 6.45) is 5.41. The average Bonchev–Trinajstić information content (AvgIpc) is 3.53. The molecule has 176 valence electrons. The van der Waals surface area contributed by atoms with Crippen molar-refractivity contribution in [1.82, 2.24) is 20.1 Å². The number of hydrogen-bond donors (Lipinski definition) is 3. The molecule has 0 spiro atoms. The summed E-state index contributed by atoms with van der Waals surface area (Å²) in [6, 6.07) is 15.7. The van der Waals surface area contributed by atoms with Gasteiger partial charge in [-0.1, -0.05) is 40.2 Å². The predicted molar refractivity (Wildman–Crippen MR) is 141 cm³/mol. The van der Waals surface area contributed by atoms with Crippen LogP contribution in [0.15, 0.2) is 65.4 Å². The highest BCUT2D eigenvalue weighted by Crippen LogP contribution is 2.41. The summed E-state index contributed by atoms with van der Waals surface area (Å²) in [7, 11) is 0. The summed E-state index contributed by atoms with van der Waals surface area (Å²) >= 11 is 3.48. The third-order valence-electron chi connectivity index (χ3n) is 6.16. The van der Waals surface area contributed by atoms with Crippen molar-refractivity contribution in [3.63, 3.8) is 0 Å². The number of rotatable bonds is 6. The zero-order chi connectivity index (χ0) is 24.5. The van der Waals surface area contributed by atoms with Crippen molar-refractivity contribution in [2.75, 3.05) is 11.9 Å². The largest absolute Gasteiger partial charge is 0.358 e. The highest BCUT2D eigenvalue weighted by Gasteiger charge is 2.28. The normalized spacial score (nSPS) is 13.7. The second-order valence-electron chi connectivity index (χ2n) is 8.44. The first-order valence-corrected chi connectivity index (χ1v) is 12.1. The second-order valence-corrected chi connectivity index (χ2v) is 9.35. The van der Waals surface area contributed by atoms with E-state index < -0.39 is 0 Å². The van der Waals surface area contributed by atoms with Crippen molar-refractivity contribution in [3.05, 3.63) is 93.5 Å². The van der Waals surface area contributed by atoms with Crippen LogP contribution in [0.3, 0.4) is 0 Å². The highest BCUT2D eigenvalue weighted by molar-refractivity contribution is 9.10. The Morgan fingerprint density at radius 1 is 1.14 bits per heavy atom. The van der Waals surface area contributed by atoms with E-state index in [2.05, 4.69) is 36.6 Å². The molecule has 1 aliphatic rings. The van der Waals surface area contributed by atoms with Crippen LogP contribution in [0.5, 0.6) is 0 Å². The number of hydrogen-bond acceptors (Lipinski definition) is 3. The first kappa shape index (κ1) is 22.9. The van der Waals surface area contributed by atoms with Gasteiger partial charge in [0.2, 0.25) is 0 Å².